The standard InChI is InChI=1S/C14H22N4.HI/c1-2-13(9-17-14(15)16)18-8-7-11-5-3-4-6-12(11)10-18;/h3-6,13H,2,7-10H2,1H3,(H4,15,16,17);1H. The third-order valence-corrected chi connectivity index (χ3v) is 3.63. The molecule has 0 aromatic heterocycles. The Kier molecular flexibility index (Phi) is 6.57. The fourth-order valence-electron chi connectivity index (χ4n) is 2.54. The summed E-state index contributed by atoms with van der Waals surface area (Å²) in [6.45, 7) is 4.98. The lowest BCUT2D eigenvalue weighted by Gasteiger charge is -2.34. The monoisotopic (exact) mass is 374 g/mol. The Balaban J connectivity index is 0.00000180. The molecule has 0 aliphatic carbocycles. The van der Waals surface area contributed by atoms with E-state index in [1.165, 1.54) is 11.1 Å². The number of benzene rings is 1. The van der Waals surface area contributed by atoms with Crippen molar-refractivity contribution in [2.24, 2.45) is 16.5 Å². The molecule has 1 aliphatic heterocycles. The van der Waals surface area contributed by atoms with Crippen LogP contribution in [-0.4, -0.2) is 30.0 Å². The second-order valence-corrected chi connectivity index (χ2v) is 4.82. The SMILES string of the molecule is CCC(CN=C(N)N)N1CCc2ccccc2C1.I. The molecular formula is C14H23IN4. The summed E-state index contributed by atoms with van der Waals surface area (Å²) in [7, 11) is 0. The number of hydrogen-bond acceptors (Lipinski definition) is 2. The van der Waals surface area contributed by atoms with Crippen molar-refractivity contribution < 1.29 is 0 Å². The molecular weight excluding hydrogens is 351 g/mol. The van der Waals surface area contributed by atoms with Gasteiger partial charge < -0.3 is 11.5 Å². The van der Waals surface area contributed by atoms with Crippen LogP contribution in [0.2, 0.25) is 0 Å². The molecule has 0 fully saturated rings. The molecule has 1 aliphatic rings. The molecule has 0 spiro atoms. The average molecular weight is 374 g/mol. The highest BCUT2D eigenvalue weighted by Gasteiger charge is 2.21. The summed E-state index contributed by atoms with van der Waals surface area (Å²) in [5.41, 5.74) is 13.7. The summed E-state index contributed by atoms with van der Waals surface area (Å²) in [5.74, 6) is 0.186. The minimum Gasteiger partial charge on any atom is -0.370 e. The molecule has 0 saturated carbocycles. The number of guanidine groups is 1. The van der Waals surface area contributed by atoms with Crippen molar-refractivity contribution in [1.29, 1.82) is 0 Å². The molecule has 1 heterocycles. The van der Waals surface area contributed by atoms with Crippen LogP contribution in [0.3, 0.4) is 0 Å². The van der Waals surface area contributed by atoms with Crippen LogP contribution in [-0.2, 0) is 13.0 Å². The number of rotatable bonds is 4. The molecule has 19 heavy (non-hydrogen) atoms. The zero-order chi connectivity index (χ0) is 13.0. The van der Waals surface area contributed by atoms with Crippen LogP contribution in [0, 0.1) is 0 Å². The van der Waals surface area contributed by atoms with Crippen molar-refractivity contribution in [3.05, 3.63) is 35.4 Å². The maximum atomic E-state index is 5.41. The van der Waals surface area contributed by atoms with Crippen LogP contribution in [0.15, 0.2) is 29.3 Å². The molecule has 0 radical (unpaired) electrons. The second-order valence-electron chi connectivity index (χ2n) is 4.82. The normalized spacial score (nSPS) is 16.1. The van der Waals surface area contributed by atoms with Gasteiger partial charge in [-0.1, -0.05) is 31.2 Å². The number of halogens is 1. The lowest BCUT2D eigenvalue weighted by atomic mass is 9.98. The van der Waals surface area contributed by atoms with Crippen molar-refractivity contribution in [2.45, 2.75) is 32.4 Å². The molecule has 4 N–H and O–H groups in total. The van der Waals surface area contributed by atoms with Gasteiger partial charge in [0.1, 0.15) is 0 Å². The first-order chi connectivity index (χ1) is 8.70. The topological polar surface area (TPSA) is 67.6 Å². The molecule has 0 amide bonds. The number of hydrogen-bond donors (Lipinski definition) is 2. The van der Waals surface area contributed by atoms with Crippen LogP contribution in [0.25, 0.3) is 0 Å². The first-order valence-corrected chi connectivity index (χ1v) is 6.57. The summed E-state index contributed by atoms with van der Waals surface area (Å²) in [4.78, 5) is 6.64. The van der Waals surface area contributed by atoms with Crippen molar-refractivity contribution in [3.63, 3.8) is 0 Å². The van der Waals surface area contributed by atoms with E-state index in [1.807, 2.05) is 0 Å². The molecule has 106 valence electrons. The van der Waals surface area contributed by atoms with E-state index >= 15 is 0 Å². The van der Waals surface area contributed by atoms with E-state index in [2.05, 4.69) is 41.1 Å². The van der Waals surface area contributed by atoms with E-state index in [4.69, 9.17) is 11.5 Å². The Hall–Kier alpha value is -0.820. The van der Waals surface area contributed by atoms with Gasteiger partial charge >= 0.3 is 0 Å². The predicted molar refractivity (Wildman–Crippen MR) is 90.7 cm³/mol. The fraction of sp³-hybridized carbons (Fsp3) is 0.500. The Morgan fingerprint density at radius 1 is 1.32 bits per heavy atom. The van der Waals surface area contributed by atoms with Gasteiger partial charge in [0.25, 0.3) is 0 Å². The fourth-order valence-corrected chi connectivity index (χ4v) is 2.54. The molecule has 0 saturated heterocycles. The molecule has 4 nitrogen and oxygen atoms in total. The Morgan fingerprint density at radius 2 is 2.00 bits per heavy atom. The predicted octanol–water partition coefficient (Wildman–Crippen LogP) is 1.71. The lowest BCUT2D eigenvalue weighted by Crippen LogP contribution is -2.41. The van der Waals surface area contributed by atoms with E-state index in [0.717, 1.165) is 25.9 Å². The highest BCUT2D eigenvalue weighted by molar-refractivity contribution is 14.0. The van der Waals surface area contributed by atoms with Crippen molar-refractivity contribution in [3.8, 4) is 0 Å². The first kappa shape index (κ1) is 16.2. The molecule has 2 rings (SSSR count). The van der Waals surface area contributed by atoms with Crippen molar-refractivity contribution in [1.82, 2.24) is 4.90 Å². The van der Waals surface area contributed by atoms with Crippen LogP contribution in [0.4, 0.5) is 0 Å². The number of nitrogens with zero attached hydrogens (tertiary/aromatic N) is 2. The summed E-state index contributed by atoms with van der Waals surface area (Å²) in [6.07, 6.45) is 2.19. The number of nitrogens with two attached hydrogens (primary N) is 2. The van der Waals surface area contributed by atoms with Gasteiger partial charge in [-0.05, 0) is 24.0 Å². The average Bonchev–Trinajstić information content (AvgIpc) is 2.39. The summed E-state index contributed by atoms with van der Waals surface area (Å²) >= 11 is 0. The zero-order valence-electron chi connectivity index (χ0n) is 11.4. The van der Waals surface area contributed by atoms with Crippen molar-refractivity contribution in [2.75, 3.05) is 13.1 Å². The molecule has 5 heteroatoms. The van der Waals surface area contributed by atoms with Gasteiger partial charge in [0.05, 0.1) is 6.54 Å². The maximum absolute atomic E-state index is 5.41. The summed E-state index contributed by atoms with van der Waals surface area (Å²) < 4.78 is 0. The Labute approximate surface area is 132 Å². The van der Waals surface area contributed by atoms with Crippen LogP contribution in [0.1, 0.15) is 24.5 Å². The third-order valence-electron chi connectivity index (χ3n) is 3.63. The largest absolute Gasteiger partial charge is 0.370 e. The summed E-state index contributed by atoms with van der Waals surface area (Å²) in [6, 6.07) is 9.10. The lowest BCUT2D eigenvalue weighted by molar-refractivity contribution is 0.178. The van der Waals surface area contributed by atoms with E-state index in [9.17, 15) is 0 Å². The van der Waals surface area contributed by atoms with Crippen LogP contribution >= 0.6 is 24.0 Å². The first-order valence-electron chi connectivity index (χ1n) is 6.57. The minimum absolute atomic E-state index is 0. The van der Waals surface area contributed by atoms with Crippen LogP contribution < -0.4 is 11.5 Å². The number of fused-ring (bicyclic) bond motifs is 1. The van der Waals surface area contributed by atoms with E-state index in [0.29, 0.717) is 12.6 Å². The molecule has 1 aromatic rings. The summed E-state index contributed by atoms with van der Waals surface area (Å²) in [5, 5.41) is 0. The third kappa shape index (κ3) is 4.35. The van der Waals surface area contributed by atoms with Gasteiger partial charge in [-0.3, -0.25) is 9.89 Å². The maximum Gasteiger partial charge on any atom is 0.185 e. The van der Waals surface area contributed by atoms with Crippen LogP contribution in [0.5, 0.6) is 0 Å². The van der Waals surface area contributed by atoms with E-state index < -0.39 is 0 Å². The van der Waals surface area contributed by atoms with Gasteiger partial charge in [0, 0.05) is 19.1 Å². The molecule has 1 aromatic carbocycles. The zero-order valence-corrected chi connectivity index (χ0v) is 13.7. The van der Waals surface area contributed by atoms with Gasteiger partial charge in [-0.2, -0.15) is 0 Å². The van der Waals surface area contributed by atoms with Gasteiger partial charge in [-0.15, -0.1) is 24.0 Å². The van der Waals surface area contributed by atoms with E-state index in [-0.39, 0.29) is 29.9 Å². The Bertz CT molecular complexity index is 429. The Morgan fingerprint density at radius 3 is 2.63 bits per heavy atom. The second kappa shape index (κ2) is 7.69. The highest BCUT2D eigenvalue weighted by Crippen LogP contribution is 2.21. The minimum atomic E-state index is 0. The molecule has 1 atom stereocenters. The molecule has 0 bridgehead atoms. The van der Waals surface area contributed by atoms with Gasteiger partial charge in [0.2, 0.25) is 0 Å². The molecule has 1 unspecified atom stereocenters. The number of aliphatic imine (C=N–C) groups is 1. The highest BCUT2D eigenvalue weighted by atomic mass is 127. The van der Waals surface area contributed by atoms with Crippen molar-refractivity contribution >= 4 is 29.9 Å². The van der Waals surface area contributed by atoms with Gasteiger partial charge in [0.15, 0.2) is 5.96 Å². The van der Waals surface area contributed by atoms with E-state index in [1.54, 1.807) is 0 Å². The van der Waals surface area contributed by atoms with Gasteiger partial charge in [-0.25, -0.2) is 0 Å². The smallest absolute Gasteiger partial charge is 0.185 e. The quantitative estimate of drug-likeness (QED) is 0.479.